The molecule has 1 unspecified atom stereocenters. The van der Waals surface area contributed by atoms with Gasteiger partial charge in [-0.05, 0) is 30.2 Å². The van der Waals surface area contributed by atoms with E-state index in [9.17, 15) is 19.8 Å². The molecule has 6 heteroatoms. The van der Waals surface area contributed by atoms with Gasteiger partial charge in [-0.25, -0.2) is 9.59 Å². The van der Waals surface area contributed by atoms with Gasteiger partial charge in [0.2, 0.25) is 0 Å². The number of fused-ring (bicyclic) bond motifs is 1. The molecule has 3 rings (SSSR count). The fraction of sp³-hybridized carbons (Fsp3) is 0.200. The Hall–Kier alpha value is -3.12. The van der Waals surface area contributed by atoms with Gasteiger partial charge in [0, 0.05) is 17.9 Å². The van der Waals surface area contributed by atoms with Crippen LogP contribution < -0.4 is 10.9 Å². The Bertz CT molecular complexity index is 994. The van der Waals surface area contributed by atoms with Gasteiger partial charge < -0.3 is 19.9 Å². The Labute approximate surface area is 149 Å². The molecule has 0 fully saturated rings. The van der Waals surface area contributed by atoms with Gasteiger partial charge in [-0.1, -0.05) is 30.3 Å². The molecular formula is C20H20NO5+. The quantitative estimate of drug-likeness (QED) is 0.583. The number of hydrogen-bond acceptors (Lipinski definition) is 4. The number of carboxylic acids is 1. The largest absolute Gasteiger partial charge is 0.507 e. The standard InChI is InChI=1S/C20H19NO5/c1-12-9-18(23)26-19-14(12)7-8-17(22)15(19)11-21-16(20(24)25)10-13-5-3-2-4-6-13/h2-9,16,21-22H,10-11H2,1H3,(H,24,25)/p+1. The molecule has 1 heterocycles. The molecule has 0 amide bonds. The van der Waals surface area contributed by atoms with E-state index in [0.29, 0.717) is 17.6 Å². The zero-order valence-corrected chi connectivity index (χ0v) is 14.3. The first-order chi connectivity index (χ1) is 12.5. The molecule has 0 aliphatic rings. The van der Waals surface area contributed by atoms with Crippen LogP contribution in [0.2, 0.25) is 0 Å². The van der Waals surface area contributed by atoms with Crippen LogP contribution in [-0.2, 0) is 17.8 Å². The summed E-state index contributed by atoms with van der Waals surface area (Å²) in [5.74, 6) is -0.961. The van der Waals surface area contributed by atoms with Gasteiger partial charge >= 0.3 is 11.6 Å². The molecule has 1 atom stereocenters. The van der Waals surface area contributed by atoms with E-state index in [1.54, 1.807) is 18.3 Å². The number of nitrogens with two attached hydrogens (primary N) is 1. The fourth-order valence-corrected chi connectivity index (χ4v) is 3.03. The minimum atomic E-state index is -0.939. The average Bonchev–Trinajstić information content (AvgIpc) is 2.60. The molecule has 2 aromatic carbocycles. The highest BCUT2D eigenvalue weighted by Crippen LogP contribution is 2.27. The summed E-state index contributed by atoms with van der Waals surface area (Å²) in [4.78, 5) is 23.3. The summed E-state index contributed by atoms with van der Waals surface area (Å²) in [6.45, 7) is 1.97. The SMILES string of the molecule is Cc1cc(=O)oc2c(C[NH2+]C(Cc3ccccc3)C(=O)O)c(O)ccc12. The minimum absolute atomic E-state index is 0.0219. The van der Waals surface area contributed by atoms with Crippen LogP contribution in [-0.4, -0.2) is 22.2 Å². The minimum Gasteiger partial charge on any atom is -0.507 e. The van der Waals surface area contributed by atoms with E-state index in [4.69, 9.17) is 4.42 Å². The number of benzene rings is 2. The summed E-state index contributed by atoms with van der Waals surface area (Å²) in [7, 11) is 0. The summed E-state index contributed by atoms with van der Waals surface area (Å²) < 4.78 is 5.28. The van der Waals surface area contributed by atoms with Gasteiger partial charge in [0.05, 0.1) is 5.56 Å². The average molecular weight is 354 g/mol. The molecule has 26 heavy (non-hydrogen) atoms. The van der Waals surface area contributed by atoms with E-state index in [0.717, 1.165) is 16.5 Å². The second-order valence-corrected chi connectivity index (χ2v) is 6.26. The van der Waals surface area contributed by atoms with Gasteiger partial charge in [-0.2, -0.15) is 0 Å². The lowest BCUT2D eigenvalue weighted by Crippen LogP contribution is -2.91. The molecule has 0 spiro atoms. The van der Waals surface area contributed by atoms with Crippen molar-refractivity contribution in [2.24, 2.45) is 0 Å². The van der Waals surface area contributed by atoms with Gasteiger partial charge in [0.25, 0.3) is 0 Å². The first-order valence-electron chi connectivity index (χ1n) is 8.31. The normalized spacial score (nSPS) is 12.2. The van der Waals surface area contributed by atoms with Crippen molar-refractivity contribution in [3.8, 4) is 5.75 Å². The number of rotatable bonds is 6. The van der Waals surface area contributed by atoms with Crippen LogP contribution in [0.1, 0.15) is 16.7 Å². The van der Waals surface area contributed by atoms with Gasteiger partial charge in [0.15, 0.2) is 11.6 Å². The highest BCUT2D eigenvalue weighted by Gasteiger charge is 2.23. The lowest BCUT2D eigenvalue weighted by Gasteiger charge is -2.13. The third-order valence-corrected chi connectivity index (χ3v) is 4.42. The zero-order valence-electron chi connectivity index (χ0n) is 14.3. The van der Waals surface area contributed by atoms with E-state index in [2.05, 4.69) is 0 Å². The van der Waals surface area contributed by atoms with E-state index in [-0.39, 0.29) is 12.3 Å². The Morgan fingerprint density at radius 2 is 1.92 bits per heavy atom. The summed E-state index contributed by atoms with van der Waals surface area (Å²) in [5.41, 5.74) is 1.89. The van der Waals surface area contributed by atoms with Crippen LogP contribution >= 0.6 is 0 Å². The Morgan fingerprint density at radius 3 is 2.62 bits per heavy atom. The van der Waals surface area contributed by atoms with E-state index in [1.165, 1.54) is 12.1 Å². The number of aliphatic carboxylic acids is 1. The molecule has 3 aromatic rings. The van der Waals surface area contributed by atoms with Gasteiger partial charge in [-0.3, -0.25) is 0 Å². The monoisotopic (exact) mass is 354 g/mol. The summed E-state index contributed by atoms with van der Waals surface area (Å²) >= 11 is 0. The van der Waals surface area contributed by atoms with Crippen molar-refractivity contribution in [1.82, 2.24) is 0 Å². The summed E-state index contributed by atoms with van der Waals surface area (Å²) in [6.07, 6.45) is 0.352. The lowest BCUT2D eigenvalue weighted by atomic mass is 10.0. The van der Waals surface area contributed by atoms with Crippen molar-refractivity contribution in [2.75, 3.05) is 0 Å². The highest BCUT2D eigenvalue weighted by atomic mass is 16.4. The molecule has 0 aliphatic carbocycles. The third kappa shape index (κ3) is 3.75. The van der Waals surface area contributed by atoms with Crippen molar-refractivity contribution in [2.45, 2.75) is 25.9 Å². The Morgan fingerprint density at radius 1 is 1.19 bits per heavy atom. The van der Waals surface area contributed by atoms with Crippen molar-refractivity contribution < 1.29 is 24.7 Å². The van der Waals surface area contributed by atoms with Crippen LogP contribution in [0.25, 0.3) is 11.0 Å². The van der Waals surface area contributed by atoms with Crippen LogP contribution in [0.3, 0.4) is 0 Å². The number of phenolic OH excluding ortho intramolecular Hbond substituents is 1. The lowest BCUT2D eigenvalue weighted by molar-refractivity contribution is -0.693. The second kappa shape index (κ2) is 7.41. The molecule has 0 aliphatic heterocycles. The van der Waals surface area contributed by atoms with E-state index < -0.39 is 17.6 Å². The maximum Gasteiger partial charge on any atom is 0.362 e. The Kier molecular flexibility index (Phi) is 5.04. The van der Waals surface area contributed by atoms with Crippen molar-refractivity contribution in [3.63, 3.8) is 0 Å². The number of carbonyl (C=O) groups is 1. The number of aromatic hydroxyl groups is 1. The van der Waals surface area contributed by atoms with Crippen LogP contribution in [0.15, 0.2) is 57.7 Å². The van der Waals surface area contributed by atoms with Crippen LogP contribution in [0.4, 0.5) is 0 Å². The first-order valence-corrected chi connectivity index (χ1v) is 8.31. The van der Waals surface area contributed by atoms with E-state index >= 15 is 0 Å². The molecule has 4 N–H and O–H groups in total. The smallest absolute Gasteiger partial charge is 0.362 e. The van der Waals surface area contributed by atoms with Crippen molar-refractivity contribution in [1.29, 1.82) is 0 Å². The molecule has 0 saturated heterocycles. The number of hydrogen-bond donors (Lipinski definition) is 3. The topological polar surface area (TPSA) is 104 Å². The van der Waals surface area contributed by atoms with Crippen LogP contribution in [0, 0.1) is 6.92 Å². The Balaban J connectivity index is 1.89. The van der Waals surface area contributed by atoms with Gasteiger partial charge in [-0.15, -0.1) is 0 Å². The summed E-state index contributed by atoms with van der Waals surface area (Å²) in [5, 5.41) is 22.1. The first kappa shape index (κ1) is 17.7. The molecule has 134 valence electrons. The van der Waals surface area contributed by atoms with Crippen molar-refractivity contribution in [3.05, 3.63) is 75.6 Å². The number of aryl methyl sites for hydroxylation is 1. The third-order valence-electron chi connectivity index (χ3n) is 4.42. The molecule has 0 saturated carbocycles. The number of carboxylic acid groups (broad SMARTS) is 1. The maximum atomic E-state index is 11.7. The second-order valence-electron chi connectivity index (χ2n) is 6.26. The molecular weight excluding hydrogens is 334 g/mol. The van der Waals surface area contributed by atoms with Crippen LogP contribution in [0.5, 0.6) is 5.75 Å². The maximum absolute atomic E-state index is 11.7. The zero-order chi connectivity index (χ0) is 18.7. The molecule has 6 nitrogen and oxygen atoms in total. The number of phenols is 1. The van der Waals surface area contributed by atoms with E-state index in [1.807, 2.05) is 30.3 Å². The predicted molar refractivity (Wildman–Crippen MR) is 96.1 cm³/mol. The highest BCUT2D eigenvalue weighted by molar-refractivity contribution is 5.84. The molecule has 0 bridgehead atoms. The molecule has 1 aromatic heterocycles. The van der Waals surface area contributed by atoms with Gasteiger partial charge in [0.1, 0.15) is 12.3 Å². The number of quaternary nitrogens is 1. The van der Waals surface area contributed by atoms with Crippen molar-refractivity contribution >= 4 is 16.9 Å². The summed E-state index contributed by atoms with van der Waals surface area (Å²) in [6, 6.07) is 13.2. The molecule has 0 radical (unpaired) electrons. The fourth-order valence-electron chi connectivity index (χ4n) is 3.03. The predicted octanol–water partition coefficient (Wildman–Crippen LogP) is 1.57.